The smallest absolute Gasteiger partial charge is 0.319 e. The highest BCUT2D eigenvalue weighted by Gasteiger charge is 2.31. The summed E-state index contributed by atoms with van der Waals surface area (Å²) >= 11 is 12.1. The number of hydrogen-bond acceptors (Lipinski definition) is 4. The number of amides is 2. The monoisotopic (exact) mass is 484 g/mol. The number of ether oxygens (including phenoxy) is 1. The Balaban J connectivity index is 1.48. The highest BCUT2D eigenvalue weighted by Crippen LogP contribution is 2.30. The summed E-state index contributed by atoms with van der Waals surface area (Å²) in [5.74, 6) is 0.925. The Hall–Kier alpha value is -2.80. The van der Waals surface area contributed by atoms with Crippen LogP contribution in [0.15, 0.2) is 67.0 Å². The summed E-state index contributed by atoms with van der Waals surface area (Å²) in [5, 5.41) is 7.34. The maximum Gasteiger partial charge on any atom is 0.319 e. The molecule has 0 bridgehead atoms. The second kappa shape index (κ2) is 10.9. The zero-order valence-electron chi connectivity index (χ0n) is 18.3. The lowest BCUT2D eigenvalue weighted by Gasteiger charge is -2.39. The molecule has 2 heterocycles. The van der Waals surface area contributed by atoms with Crippen LogP contribution in [0, 0.1) is 0 Å². The predicted octanol–water partition coefficient (Wildman–Crippen LogP) is 5.58. The normalized spacial score (nSPS) is 18.5. The molecule has 172 valence electrons. The quantitative estimate of drug-likeness (QED) is 0.479. The van der Waals surface area contributed by atoms with Gasteiger partial charge >= 0.3 is 6.03 Å². The van der Waals surface area contributed by atoms with Crippen molar-refractivity contribution < 1.29 is 9.53 Å². The Morgan fingerprint density at radius 3 is 2.55 bits per heavy atom. The summed E-state index contributed by atoms with van der Waals surface area (Å²) in [7, 11) is 1.65. The topological polar surface area (TPSA) is 66.5 Å². The molecule has 1 aliphatic rings. The van der Waals surface area contributed by atoms with Crippen LogP contribution in [0.2, 0.25) is 10.0 Å². The van der Waals surface area contributed by atoms with E-state index < -0.39 is 0 Å². The van der Waals surface area contributed by atoms with Crippen molar-refractivity contribution in [1.82, 2.24) is 15.2 Å². The summed E-state index contributed by atoms with van der Waals surface area (Å²) in [6.45, 7) is 2.40. The highest BCUT2D eigenvalue weighted by molar-refractivity contribution is 6.30. The molecule has 3 aromatic rings. The molecule has 0 saturated carbocycles. The molecule has 1 unspecified atom stereocenters. The van der Waals surface area contributed by atoms with E-state index in [4.69, 9.17) is 27.9 Å². The standard InChI is InChI=1S/C25H26Cl2N4O2/c1-33-22-8-2-18(3-9-22)23-16-31(15-17-12-20(27)14-28-13-17)11-10-24(23)30-25(32)29-21-6-4-19(26)5-7-21/h2-9,12-14,23-24H,10-11,15-16H2,1H3,(H2,29,30,32)/t23?,24-/m1/s1. The Bertz CT molecular complexity index is 1080. The second-order valence-electron chi connectivity index (χ2n) is 8.13. The van der Waals surface area contributed by atoms with Crippen LogP contribution in [0.4, 0.5) is 10.5 Å². The summed E-state index contributed by atoms with van der Waals surface area (Å²) < 4.78 is 5.32. The lowest BCUT2D eigenvalue weighted by atomic mass is 9.85. The van der Waals surface area contributed by atoms with E-state index in [1.807, 2.05) is 24.4 Å². The van der Waals surface area contributed by atoms with Crippen molar-refractivity contribution in [2.75, 3.05) is 25.5 Å². The van der Waals surface area contributed by atoms with E-state index in [1.54, 1.807) is 37.6 Å². The third-order valence-corrected chi connectivity index (χ3v) is 6.29. The Morgan fingerprint density at radius 2 is 1.85 bits per heavy atom. The number of piperidine rings is 1. The van der Waals surface area contributed by atoms with E-state index in [1.165, 1.54) is 0 Å². The average molecular weight is 485 g/mol. The van der Waals surface area contributed by atoms with E-state index in [0.29, 0.717) is 15.7 Å². The molecule has 1 aliphatic heterocycles. The van der Waals surface area contributed by atoms with Crippen LogP contribution in [-0.4, -0.2) is 42.2 Å². The van der Waals surface area contributed by atoms with Gasteiger partial charge in [0.15, 0.2) is 0 Å². The van der Waals surface area contributed by atoms with Crippen LogP contribution in [0.3, 0.4) is 0 Å². The van der Waals surface area contributed by atoms with E-state index in [2.05, 4.69) is 32.7 Å². The molecule has 4 rings (SSSR count). The van der Waals surface area contributed by atoms with E-state index in [-0.39, 0.29) is 18.0 Å². The molecule has 2 amide bonds. The van der Waals surface area contributed by atoms with Gasteiger partial charge in [0, 0.05) is 54.7 Å². The number of rotatable bonds is 6. The van der Waals surface area contributed by atoms with Gasteiger partial charge in [-0.1, -0.05) is 35.3 Å². The third-order valence-electron chi connectivity index (χ3n) is 5.83. The number of pyridine rings is 1. The van der Waals surface area contributed by atoms with Crippen molar-refractivity contribution in [3.63, 3.8) is 0 Å². The first-order valence-corrected chi connectivity index (χ1v) is 11.5. The fourth-order valence-corrected chi connectivity index (χ4v) is 4.52. The summed E-state index contributed by atoms with van der Waals surface area (Å²) in [4.78, 5) is 19.3. The molecule has 0 radical (unpaired) electrons. The van der Waals surface area contributed by atoms with Gasteiger partial charge in [0.2, 0.25) is 0 Å². The lowest BCUT2D eigenvalue weighted by molar-refractivity contribution is 0.168. The lowest BCUT2D eigenvalue weighted by Crippen LogP contribution is -2.50. The SMILES string of the molecule is COc1ccc(C2CN(Cc3cncc(Cl)c3)CC[C@H]2NC(=O)Nc2ccc(Cl)cc2)cc1. The van der Waals surface area contributed by atoms with Crippen LogP contribution in [-0.2, 0) is 6.54 Å². The molecule has 1 aromatic heterocycles. The number of hydrogen-bond donors (Lipinski definition) is 2. The molecule has 0 aliphatic carbocycles. The molecule has 1 fully saturated rings. The Labute approximate surface area is 203 Å². The summed E-state index contributed by atoms with van der Waals surface area (Å²) in [6.07, 6.45) is 4.30. The van der Waals surface area contributed by atoms with Crippen molar-refractivity contribution in [2.24, 2.45) is 0 Å². The van der Waals surface area contributed by atoms with E-state index in [9.17, 15) is 4.79 Å². The molecular weight excluding hydrogens is 459 g/mol. The fourth-order valence-electron chi connectivity index (χ4n) is 4.19. The minimum Gasteiger partial charge on any atom is -0.497 e. The first-order chi connectivity index (χ1) is 16.0. The van der Waals surface area contributed by atoms with Gasteiger partial charge in [0.05, 0.1) is 12.1 Å². The van der Waals surface area contributed by atoms with Gasteiger partial charge in [0.25, 0.3) is 0 Å². The van der Waals surface area contributed by atoms with Gasteiger partial charge < -0.3 is 15.4 Å². The number of nitrogens with zero attached hydrogens (tertiary/aromatic N) is 2. The number of benzene rings is 2. The van der Waals surface area contributed by atoms with Gasteiger partial charge in [0.1, 0.15) is 5.75 Å². The van der Waals surface area contributed by atoms with Crippen molar-refractivity contribution in [2.45, 2.75) is 24.9 Å². The largest absolute Gasteiger partial charge is 0.497 e. The minimum absolute atomic E-state index is 0.0144. The van der Waals surface area contributed by atoms with Crippen molar-refractivity contribution in [1.29, 1.82) is 0 Å². The third kappa shape index (κ3) is 6.38. The number of aromatic nitrogens is 1. The van der Waals surface area contributed by atoms with Crippen LogP contribution < -0.4 is 15.4 Å². The maximum atomic E-state index is 12.7. The van der Waals surface area contributed by atoms with Crippen LogP contribution in [0.5, 0.6) is 5.75 Å². The van der Waals surface area contributed by atoms with Gasteiger partial charge in [-0.15, -0.1) is 0 Å². The highest BCUT2D eigenvalue weighted by atomic mass is 35.5. The van der Waals surface area contributed by atoms with Crippen LogP contribution in [0.1, 0.15) is 23.5 Å². The fraction of sp³-hybridized carbons (Fsp3) is 0.280. The van der Waals surface area contributed by atoms with Gasteiger partial charge in [-0.3, -0.25) is 9.88 Å². The van der Waals surface area contributed by atoms with E-state index in [0.717, 1.165) is 42.9 Å². The number of carbonyl (C=O) groups is 1. The molecule has 2 aromatic carbocycles. The molecule has 33 heavy (non-hydrogen) atoms. The van der Waals surface area contributed by atoms with Crippen LogP contribution >= 0.6 is 23.2 Å². The number of urea groups is 1. The molecule has 2 N–H and O–H groups in total. The zero-order valence-corrected chi connectivity index (χ0v) is 19.8. The first kappa shape index (κ1) is 23.4. The molecule has 1 saturated heterocycles. The average Bonchev–Trinajstić information content (AvgIpc) is 2.82. The Morgan fingerprint density at radius 1 is 1.09 bits per heavy atom. The maximum absolute atomic E-state index is 12.7. The predicted molar refractivity (Wildman–Crippen MR) is 132 cm³/mol. The molecule has 2 atom stereocenters. The summed E-state index contributed by atoms with van der Waals surface area (Å²) in [5.41, 5.74) is 2.92. The second-order valence-corrected chi connectivity index (χ2v) is 9.00. The molecular formula is C25H26Cl2N4O2. The van der Waals surface area contributed by atoms with Crippen molar-refractivity contribution in [3.8, 4) is 5.75 Å². The molecule has 0 spiro atoms. The number of methoxy groups -OCH3 is 1. The van der Waals surface area contributed by atoms with Gasteiger partial charge in [-0.25, -0.2) is 4.79 Å². The number of likely N-dealkylation sites (tertiary alicyclic amines) is 1. The summed E-state index contributed by atoms with van der Waals surface area (Å²) in [6, 6.07) is 16.8. The van der Waals surface area contributed by atoms with Gasteiger partial charge in [-0.2, -0.15) is 0 Å². The van der Waals surface area contributed by atoms with Gasteiger partial charge in [-0.05, 0) is 60.0 Å². The number of nitrogens with one attached hydrogen (secondary N) is 2. The van der Waals surface area contributed by atoms with Crippen molar-refractivity contribution in [3.05, 3.63) is 88.2 Å². The Kier molecular flexibility index (Phi) is 7.70. The van der Waals surface area contributed by atoms with E-state index >= 15 is 0 Å². The number of anilines is 1. The first-order valence-electron chi connectivity index (χ1n) is 10.8. The molecule has 8 heteroatoms. The minimum atomic E-state index is -0.228. The molecule has 6 nitrogen and oxygen atoms in total. The van der Waals surface area contributed by atoms with Crippen molar-refractivity contribution >= 4 is 34.9 Å². The number of carbonyl (C=O) groups excluding carboxylic acids is 1. The van der Waals surface area contributed by atoms with Crippen LogP contribution in [0.25, 0.3) is 0 Å². The number of halogens is 2. The zero-order chi connectivity index (χ0) is 23.2.